The standard InChI is InChI=1S/C27H36N2O10/c1-4-12-38-27(33)29-18-16-21(35-3)20(34-2)15-17(18)25(32)28-11-10-19(36-14-7-8-22(30)31)24(28)26(29)39-23-9-5-6-13-37-23/h4,15-16,19,23-24,26H,1,5-14H2,2-3H3,(H,30,31)/t19-,23?,24-,26?/m0/s1. The largest absolute Gasteiger partial charge is 0.493 e. The van der Waals surface area contributed by atoms with E-state index in [-0.39, 0.29) is 36.8 Å². The second-order valence-corrected chi connectivity index (χ2v) is 9.47. The topological polar surface area (TPSA) is 133 Å². The molecule has 0 aromatic heterocycles. The van der Waals surface area contributed by atoms with Gasteiger partial charge in [-0.2, -0.15) is 0 Å². The molecular formula is C27H36N2O10. The zero-order chi connectivity index (χ0) is 27.9. The fraction of sp³-hybridized carbons (Fsp3) is 0.593. The molecule has 12 nitrogen and oxygen atoms in total. The molecule has 2 unspecified atom stereocenters. The van der Waals surface area contributed by atoms with Crippen LogP contribution < -0.4 is 14.4 Å². The van der Waals surface area contributed by atoms with Gasteiger partial charge in [0.2, 0.25) is 0 Å². The van der Waals surface area contributed by atoms with Crippen molar-refractivity contribution in [2.75, 3.05) is 45.5 Å². The highest BCUT2D eigenvalue weighted by molar-refractivity contribution is 6.06. The minimum atomic E-state index is -1.03. The summed E-state index contributed by atoms with van der Waals surface area (Å²) in [5, 5.41) is 9.01. The molecule has 1 aromatic rings. The predicted molar refractivity (Wildman–Crippen MR) is 138 cm³/mol. The summed E-state index contributed by atoms with van der Waals surface area (Å²) >= 11 is 0. The van der Waals surface area contributed by atoms with Gasteiger partial charge in [0.1, 0.15) is 12.6 Å². The Balaban J connectivity index is 1.80. The normalized spacial score (nSPS) is 24.4. The summed E-state index contributed by atoms with van der Waals surface area (Å²) in [6, 6.07) is 2.39. The second-order valence-electron chi connectivity index (χ2n) is 9.47. The molecule has 0 radical (unpaired) electrons. The molecule has 1 aromatic carbocycles. The Morgan fingerprint density at radius 2 is 1.95 bits per heavy atom. The molecule has 0 bridgehead atoms. The Morgan fingerprint density at radius 1 is 1.18 bits per heavy atom. The van der Waals surface area contributed by atoms with Gasteiger partial charge in [0.05, 0.1) is 31.6 Å². The number of carbonyl (C=O) groups excluding carboxylic acids is 2. The number of methoxy groups -OCH3 is 2. The van der Waals surface area contributed by atoms with E-state index < -0.39 is 36.7 Å². The van der Waals surface area contributed by atoms with Crippen molar-refractivity contribution >= 4 is 23.7 Å². The van der Waals surface area contributed by atoms with Crippen LogP contribution in [0.2, 0.25) is 0 Å². The molecule has 2 amide bonds. The first-order valence-corrected chi connectivity index (χ1v) is 13.1. The molecule has 39 heavy (non-hydrogen) atoms. The number of hydrogen-bond acceptors (Lipinski definition) is 9. The third-order valence-electron chi connectivity index (χ3n) is 7.01. The van der Waals surface area contributed by atoms with Gasteiger partial charge in [0.15, 0.2) is 24.0 Å². The summed E-state index contributed by atoms with van der Waals surface area (Å²) in [5.74, 6) is -0.593. The Morgan fingerprint density at radius 3 is 2.62 bits per heavy atom. The third-order valence-corrected chi connectivity index (χ3v) is 7.01. The monoisotopic (exact) mass is 548 g/mol. The number of carboxylic acid groups (broad SMARTS) is 1. The number of rotatable bonds is 11. The summed E-state index contributed by atoms with van der Waals surface area (Å²) in [6.45, 7) is 4.62. The average Bonchev–Trinajstić information content (AvgIpc) is 3.33. The number of benzene rings is 1. The van der Waals surface area contributed by atoms with Crippen molar-refractivity contribution in [1.82, 2.24) is 4.90 Å². The van der Waals surface area contributed by atoms with E-state index in [1.807, 2.05) is 0 Å². The van der Waals surface area contributed by atoms with Crippen molar-refractivity contribution in [3.05, 3.63) is 30.4 Å². The first-order chi connectivity index (χ1) is 18.9. The van der Waals surface area contributed by atoms with Gasteiger partial charge in [-0.25, -0.2) is 9.69 Å². The molecule has 4 atom stereocenters. The van der Waals surface area contributed by atoms with Crippen molar-refractivity contribution in [2.24, 2.45) is 0 Å². The highest BCUT2D eigenvalue weighted by Gasteiger charge is 2.52. The van der Waals surface area contributed by atoms with Crippen molar-refractivity contribution in [1.29, 1.82) is 0 Å². The smallest absolute Gasteiger partial charge is 0.416 e. The highest BCUT2D eigenvalue weighted by atomic mass is 16.7. The van der Waals surface area contributed by atoms with Crippen molar-refractivity contribution in [3.63, 3.8) is 0 Å². The van der Waals surface area contributed by atoms with E-state index >= 15 is 0 Å². The van der Waals surface area contributed by atoms with Gasteiger partial charge in [-0.1, -0.05) is 12.7 Å². The third kappa shape index (κ3) is 6.29. The molecule has 0 aliphatic carbocycles. The van der Waals surface area contributed by atoms with Gasteiger partial charge >= 0.3 is 12.1 Å². The Bertz CT molecular complexity index is 1060. The first kappa shape index (κ1) is 28.7. The molecule has 0 saturated carbocycles. The minimum Gasteiger partial charge on any atom is -0.493 e. The number of ether oxygens (including phenoxy) is 6. The van der Waals surface area contributed by atoms with Crippen LogP contribution in [-0.2, 0) is 23.7 Å². The maximum atomic E-state index is 14.0. The molecule has 4 rings (SSSR count). The average molecular weight is 549 g/mol. The van der Waals surface area contributed by atoms with Crippen LogP contribution in [0.5, 0.6) is 11.5 Å². The summed E-state index contributed by atoms with van der Waals surface area (Å²) < 4.78 is 34.9. The minimum absolute atomic E-state index is 0.0408. The van der Waals surface area contributed by atoms with Crippen LogP contribution in [-0.4, -0.2) is 93.2 Å². The number of amides is 2. The molecule has 1 N–H and O–H groups in total. The number of nitrogens with zero attached hydrogens (tertiary/aromatic N) is 2. The molecule has 214 valence electrons. The van der Waals surface area contributed by atoms with Crippen LogP contribution in [0.4, 0.5) is 10.5 Å². The lowest BCUT2D eigenvalue weighted by molar-refractivity contribution is -0.201. The van der Waals surface area contributed by atoms with Gasteiger partial charge in [0, 0.05) is 32.2 Å². The molecule has 12 heteroatoms. The van der Waals surface area contributed by atoms with Crippen molar-refractivity contribution < 1.29 is 47.9 Å². The molecule has 0 spiro atoms. The van der Waals surface area contributed by atoms with Crippen LogP contribution in [0.15, 0.2) is 24.8 Å². The number of carboxylic acids is 1. The Kier molecular flexibility index (Phi) is 9.65. The quantitative estimate of drug-likeness (QED) is 0.325. The molecule has 2 fully saturated rings. The van der Waals surface area contributed by atoms with Gasteiger partial charge in [-0.3, -0.25) is 9.59 Å². The van der Waals surface area contributed by atoms with Crippen LogP contribution in [0.1, 0.15) is 48.9 Å². The summed E-state index contributed by atoms with van der Waals surface area (Å²) in [7, 11) is 2.93. The number of hydrogen-bond donors (Lipinski definition) is 1. The van der Waals surface area contributed by atoms with Gasteiger partial charge in [-0.05, 0) is 38.2 Å². The molecule has 3 aliphatic heterocycles. The van der Waals surface area contributed by atoms with Crippen molar-refractivity contribution in [2.45, 2.75) is 63.2 Å². The fourth-order valence-corrected chi connectivity index (χ4v) is 5.20. The summed E-state index contributed by atoms with van der Waals surface area (Å²) in [6.07, 6.45) is 1.71. The lowest BCUT2D eigenvalue weighted by atomic mass is 10.1. The second kappa shape index (κ2) is 13.1. The maximum Gasteiger partial charge on any atom is 0.416 e. The first-order valence-electron chi connectivity index (χ1n) is 13.1. The van der Waals surface area contributed by atoms with E-state index in [2.05, 4.69) is 6.58 Å². The highest BCUT2D eigenvalue weighted by Crippen LogP contribution is 2.43. The van der Waals surface area contributed by atoms with Gasteiger partial charge < -0.3 is 38.4 Å². The fourth-order valence-electron chi connectivity index (χ4n) is 5.20. The van der Waals surface area contributed by atoms with E-state index in [0.29, 0.717) is 43.9 Å². The zero-order valence-electron chi connectivity index (χ0n) is 22.3. The number of fused-ring (bicyclic) bond motifs is 2. The SMILES string of the molecule is C=CCOC(=O)N1c2cc(OC)c(OC)cc2C(=O)N2CC[C@H](OCCCC(=O)O)[C@H]2C1OC1CCCCO1. The van der Waals surface area contributed by atoms with Crippen LogP contribution in [0, 0.1) is 0 Å². The van der Waals surface area contributed by atoms with Crippen LogP contribution in [0.25, 0.3) is 0 Å². The van der Waals surface area contributed by atoms with Gasteiger partial charge in [0.25, 0.3) is 5.91 Å². The molecule has 3 heterocycles. The van der Waals surface area contributed by atoms with Crippen LogP contribution in [0.3, 0.4) is 0 Å². The lowest BCUT2D eigenvalue weighted by Crippen LogP contribution is -2.57. The van der Waals surface area contributed by atoms with E-state index in [1.54, 1.807) is 17.0 Å². The molecule has 3 aliphatic rings. The van der Waals surface area contributed by atoms with E-state index in [1.165, 1.54) is 25.2 Å². The number of aliphatic carboxylic acids is 1. The summed E-state index contributed by atoms with van der Waals surface area (Å²) in [4.78, 5) is 41.6. The predicted octanol–water partition coefficient (Wildman–Crippen LogP) is 3.18. The van der Waals surface area contributed by atoms with Crippen molar-refractivity contribution in [3.8, 4) is 11.5 Å². The zero-order valence-corrected chi connectivity index (χ0v) is 22.3. The van der Waals surface area contributed by atoms with Gasteiger partial charge in [-0.15, -0.1) is 0 Å². The van der Waals surface area contributed by atoms with E-state index in [0.717, 1.165) is 12.8 Å². The maximum absolute atomic E-state index is 14.0. The number of carbonyl (C=O) groups is 3. The van der Waals surface area contributed by atoms with E-state index in [9.17, 15) is 14.4 Å². The Labute approximate surface area is 227 Å². The summed E-state index contributed by atoms with van der Waals surface area (Å²) in [5.41, 5.74) is 0.460. The van der Waals surface area contributed by atoms with Crippen LogP contribution >= 0.6 is 0 Å². The molecular weight excluding hydrogens is 512 g/mol. The molecule has 2 saturated heterocycles. The number of anilines is 1. The Hall–Kier alpha value is -3.35. The van der Waals surface area contributed by atoms with E-state index in [4.69, 9.17) is 33.5 Å². The lowest BCUT2D eigenvalue weighted by Gasteiger charge is -2.39.